The van der Waals surface area contributed by atoms with Gasteiger partial charge in [0, 0.05) is 6.42 Å². The third-order valence-electron chi connectivity index (χ3n) is 3.84. The molecule has 0 aromatic heterocycles. The summed E-state index contributed by atoms with van der Waals surface area (Å²) in [6, 6.07) is 9.75. The molecule has 0 unspecified atom stereocenters. The van der Waals surface area contributed by atoms with Crippen molar-refractivity contribution >= 4 is 5.91 Å². The van der Waals surface area contributed by atoms with Crippen molar-refractivity contribution in [1.29, 1.82) is 0 Å². The van der Waals surface area contributed by atoms with Crippen molar-refractivity contribution in [3.8, 4) is 0 Å². The Kier molecular flexibility index (Phi) is 6.02. The average Bonchev–Trinajstić information content (AvgIpc) is 2.48. The van der Waals surface area contributed by atoms with Crippen LogP contribution in [-0.2, 0) is 11.2 Å². The van der Waals surface area contributed by atoms with Gasteiger partial charge in [-0.2, -0.15) is 0 Å². The summed E-state index contributed by atoms with van der Waals surface area (Å²) in [5.41, 5.74) is 1.13. The number of aliphatic hydroxyl groups is 1. The smallest absolute Gasteiger partial charge is 0.220 e. The van der Waals surface area contributed by atoms with Crippen LogP contribution >= 0.6 is 0 Å². The Bertz CT molecular complexity index is 402. The lowest BCUT2D eigenvalue weighted by molar-refractivity contribution is -0.123. The first-order valence-electron chi connectivity index (χ1n) is 7.43. The van der Waals surface area contributed by atoms with Crippen LogP contribution in [0.2, 0.25) is 0 Å². The number of aliphatic hydroxyl groups excluding tert-OH is 1. The lowest BCUT2D eigenvalue weighted by atomic mass is 9.94. The second-order valence-corrected chi connectivity index (χ2v) is 5.53. The van der Waals surface area contributed by atoms with E-state index in [4.69, 9.17) is 0 Å². The monoisotopic (exact) mass is 276 g/mol. The van der Waals surface area contributed by atoms with Gasteiger partial charge in [-0.25, -0.2) is 0 Å². The zero-order valence-electron chi connectivity index (χ0n) is 11.8. The van der Waals surface area contributed by atoms with Gasteiger partial charge in [0.1, 0.15) is 0 Å². The maximum atomic E-state index is 12.0. The van der Waals surface area contributed by atoms with Crippen LogP contribution < -0.4 is 10.6 Å². The van der Waals surface area contributed by atoms with Crippen molar-refractivity contribution in [3.63, 3.8) is 0 Å². The van der Waals surface area contributed by atoms with Crippen LogP contribution in [0.1, 0.15) is 24.8 Å². The van der Waals surface area contributed by atoms with Gasteiger partial charge in [-0.15, -0.1) is 0 Å². The van der Waals surface area contributed by atoms with Crippen molar-refractivity contribution < 1.29 is 9.90 Å². The number of carbonyl (C=O) groups is 1. The van der Waals surface area contributed by atoms with E-state index in [-0.39, 0.29) is 18.6 Å². The van der Waals surface area contributed by atoms with Gasteiger partial charge in [0.2, 0.25) is 5.91 Å². The number of nitrogens with one attached hydrogen (secondary N) is 2. The van der Waals surface area contributed by atoms with E-state index in [0.717, 1.165) is 31.5 Å². The van der Waals surface area contributed by atoms with Gasteiger partial charge in [0.15, 0.2) is 0 Å². The number of carbonyl (C=O) groups excluding carboxylic acids is 1. The fourth-order valence-electron chi connectivity index (χ4n) is 2.69. The SMILES string of the molecule is O=C(CC1CCNCC1)N[C@H](CO)Cc1ccccc1. The average molecular weight is 276 g/mol. The molecule has 3 N–H and O–H groups in total. The van der Waals surface area contributed by atoms with Crippen molar-refractivity contribution in [3.05, 3.63) is 35.9 Å². The van der Waals surface area contributed by atoms with Crippen LogP contribution in [0.3, 0.4) is 0 Å². The highest BCUT2D eigenvalue weighted by molar-refractivity contribution is 5.76. The summed E-state index contributed by atoms with van der Waals surface area (Å²) in [5.74, 6) is 0.541. The van der Waals surface area contributed by atoms with E-state index < -0.39 is 0 Å². The summed E-state index contributed by atoms with van der Waals surface area (Å²) in [6.07, 6.45) is 3.38. The molecule has 0 bridgehead atoms. The van der Waals surface area contributed by atoms with Crippen LogP contribution in [-0.4, -0.2) is 36.8 Å². The lowest BCUT2D eigenvalue weighted by Crippen LogP contribution is -2.40. The fraction of sp³-hybridized carbons (Fsp3) is 0.562. The Labute approximate surface area is 120 Å². The number of benzene rings is 1. The predicted molar refractivity (Wildman–Crippen MR) is 79.4 cm³/mol. The molecule has 0 radical (unpaired) electrons. The fourth-order valence-corrected chi connectivity index (χ4v) is 2.69. The summed E-state index contributed by atoms with van der Waals surface area (Å²) >= 11 is 0. The van der Waals surface area contributed by atoms with Gasteiger partial charge in [-0.3, -0.25) is 4.79 Å². The Morgan fingerprint density at radius 1 is 1.30 bits per heavy atom. The molecule has 1 atom stereocenters. The van der Waals surface area contributed by atoms with Crippen molar-refractivity contribution in [2.75, 3.05) is 19.7 Å². The minimum atomic E-state index is -0.188. The third kappa shape index (κ3) is 4.94. The Morgan fingerprint density at radius 3 is 2.65 bits per heavy atom. The number of hydrogen-bond acceptors (Lipinski definition) is 3. The van der Waals surface area contributed by atoms with Gasteiger partial charge in [0.25, 0.3) is 0 Å². The quantitative estimate of drug-likeness (QED) is 0.729. The molecular weight excluding hydrogens is 252 g/mol. The van der Waals surface area contributed by atoms with Gasteiger partial charge in [-0.05, 0) is 43.8 Å². The number of rotatable bonds is 6. The molecule has 1 aromatic carbocycles. The molecule has 4 nitrogen and oxygen atoms in total. The van der Waals surface area contributed by atoms with E-state index in [9.17, 15) is 9.90 Å². The Morgan fingerprint density at radius 2 is 2.00 bits per heavy atom. The van der Waals surface area contributed by atoms with E-state index in [0.29, 0.717) is 18.8 Å². The molecule has 0 aliphatic carbocycles. The first kappa shape index (κ1) is 15.0. The molecule has 1 aliphatic heterocycles. The summed E-state index contributed by atoms with van der Waals surface area (Å²) < 4.78 is 0. The first-order valence-corrected chi connectivity index (χ1v) is 7.43. The summed E-state index contributed by atoms with van der Waals surface area (Å²) in [4.78, 5) is 12.0. The molecule has 1 heterocycles. The highest BCUT2D eigenvalue weighted by Crippen LogP contribution is 2.15. The summed E-state index contributed by atoms with van der Waals surface area (Å²) in [7, 11) is 0. The minimum Gasteiger partial charge on any atom is -0.394 e. The number of piperidine rings is 1. The zero-order valence-corrected chi connectivity index (χ0v) is 11.8. The Balaban J connectivity index is 1.78. The van der Waals surface area contributed by atoms with Crippen LogP contribution in [0.4, 0.5) is 0 Å². The van der Waals surface area contributed by atoms with Gasteiger partial charge in [-0.1, -0.05) is 30.3 Å². The normalized spacial score (nSPS) is 17.6. The molecule has 0 saturated carbocycles. The van der Waals surface area contributed by atoms with Crippen LogP contribution in [0.25, 0.3) is 0 Å². The largest absolute Gasteiger partial charge is 0.394 e. The van der Waals surface area contributed by atoms with Crippen LogP contribution in [0.15, 0.2) is 30.3 Å². The van der Waals surface area contributed by atoms with Crippen molar-refractivity contribution in [1.82, 2.24) is 10.6 Å². The summed E-state index contributed by atoms with van der Waals surface area (Å²) in [6.45, 7) is 1.99. The van der Waals surface area contributed by atoms with E-state index >= 15 is 0 Å². The highest BCUT2D eigenvalue weighted by Gasteiger charge is 2.18. The first-order chi connectivity index (χ1) is 9.78. The van der Waals surface area contributed by atoms with E-state index in [2.05, 4.69) is 10.6 Å². The van der Waals surface area contributed by atoms with Crippen molar-refractivity contribution in [2.24, 2.45) is 5.92 Å². The lowest BCUT2D eigenvalue weighted by Gasteiger charge is -2.23. The van der Waals surface area contributed by atoms with E-state index in [1.165, 1.54) is 0 Å². The minimum absolute atomic E-state index is 0.0210. The standard InChI is InChI=1S/C16H24N2O2/c19-12-15(10-13-4-2-1-3-5-13)18-16(20)11-14-6-8-17-9-7-14/h1-5,14-15,17,19H,6-12H2,(H,18,20)/t15-/m0/s1. The van der Waals surface area contributed by atoms with Crippen LogP contribution in [0, 0.1) is 5.92 Å². The third-order valence-corrected chi connectivity index (χ3v) is 3.84. The predicted octanol–water partition coefficient (Wildman–Crippen LogP) is 1.10. The van der Waals surface area contributed by atoms with E-state index in [1.807, 2.05) is 30.3 Å². The van der Waals surface area contributed by atoms with Crippen molar-refractivity contribution in [2.45, 2.75) is 31.7 Å². The highest BCUT2D eigenvalue weighted by atomic mass is 16.3. The maximum absolute atomic E-state index is 12.0. The molecule has 1 aromatic rings. The molecule has 1 amide bonds. The molecule has 1 aliphatic rings. The molecule has 20 heavy (non-hydrogen) atoms. The van der Waals surface area contributed by atoms with E-state index in [1.54, 1.807) is 0 Å². The second-order valence-electron chi connectivity index (χ2n) is 5.53. The molecule has 1 saturated heterocycles. The molecule has 2 rings (SSSR count). The molecule has 0 spiro atoms. The Hall–Kier alpha value is -1.39. The number of hydrogen-bond donors (Lipinski definition) is 3. The van der Waals surface area contributed by atoms with Crippen LogP contribution in [0.5, 0.6) is 0 Å². The summed E-state index contributed by atoms with van der Waals surface area (Å²) in [5, 5.41) is 15.7. The second kappa shape index (κ2) is 8.02. The zero-order chi connectivity index (χ0) is 14.2. The molecule has 1 fully saturated rings. The number of amides is 1. The molecular formula is C16H24N2O2. The maximum Gasteiger partial charge on any atom is 0.220 e. The topological polar surface area (TPSA) is 61.4 Å². The van der Waals surface area contributed by atoms with Gasteiger partial charge < -0.3 is 15.7 Å². The van der Waals surface area contributed by atoms with Gasteiger partial charge in [0.05, 0.1) is 12.6 Å². The molecule has 4 heteroatoms. The molecule has 110 valence electrons. The van der Waals surface area contributed by atoms with Gasteiger partial charge >= 0.3 is 0 Å².